The van der Waals surface area contributed by atoms with Gasteiger partial charge in [-0.1, -0.05) is 48.1 Å². The van der Waals surface area contributed by atoms with E-state index >= 15 is 0 Å². The summed E-state index contributed by atoms with van der Waals surface area (Å²) < 4.78 is 79.6. The van der Waals surface area contributed by atoms with Crippen molar-refractivity contribution in [2.75, 3.05) is 23.0 Å². The Hall–Kier alpha value is -3.72. The first-order valence-electron chi connectivity index (χ1n) is 15.0. The van der Waals surface area contributed by atoms with Gasteiger partial charge in [0.15, 0.2) is 12.3 Å². The lowest BCUT2D eigenvalue weighted by Gasteiger charge is -2.20. The molecule has 0 aliphatic carbocycles. The second kappa shape index (κ2) is 13.4. The number of para-hydroxylation sites is 1. The molecule has 0 bridgehead atoms. The summed E-state index contributed by atoms with van der Waals surface area (Å²) in [4.78, 5) is 1.89. The van der Waals surface area contributed by atoms with Crippen molar-refractivity contribution in [3.63, 3.8) is 0 Å². The largest absolute Gasteiger partial charge is 0.748 e. The lowest BCUT2D eigenvalue weighted by Crippen LogP contribution is -2.36. The van der Waals surface area contributed by atoms with Gasteiger partial charge < -0.3 is 23.3 Å². The Labute approximate surface area is 282 Å². The molecule has 0 saturated carbocycles. The van der Waals surface area contributed by atoms with Gasteiger partial charge in [0, 0.05) is 59.6 Å². The Balaban J connectivity index is 1.38. The molecule has 0 amide bonds. The molecule has 14 heteroatoms. The highest BCUT2D eigenvalue weighted by Crippen LogP contribution is 2.41. The van der Waals surface area contributed by atoms with E-state index in [4.69, 9.17) is 16.3 Å². The van der Waals surface area contributed by atoms with E-state index < -0.39 is 31.7 Å². The van der Waals surface area contributed by atoms with Gasteiger partial charge >= 0.3 is 0 Å². The maximum atomic E-state index is 11.5. The van der Waals surface area contributed by atoms with Crippen LogP contribution in [-0.4, -0.2) is 48.6 Å². The van der Waals surface area contributed by atoms with Crippen molar-refractivity contribution in [1.82, 2.24) is 4.57 Å². The van der Waals surface area contributed by atoms with Crippen molar-refractivity contribution in [1.29, 1.82) is 0 Å². The molecule has 0 unspecified atom stereocenters. The van der Waals surface area contributed by atoms with Crippen molar-refractivity contribution in [3.05, 3.63) is 100 Å². The zero-order chi connectivity index (χ0) is 33.3. The van der Waals surface area contributed by atoms with Gasteiger partial charge in [0.1, 0.15) is 4.70 Å². The average molecular weight is 713 g/mol. The fourth-order valence-electron chi connectivity index (χ4n) is 5.66. The molecule has 0 fully saturated rings. The molecule has 0 saturated heterocycles. The van der Waals surface area contributed by atoms with Gasteiger partial charge in [0.05, 0.1) is 31.4 Å². The first-order chi connectivity index (χ1) is 22.4. The molecule has 0 radical (unpaired) electrons. The predicted molar refractivity (Wildman–Crippen MR) is 183 cm³/mol. The van der Waals surface area contributed by atoms with Crippen LogP contribution in [0.15, 0.2) is 90.5 Å². The molecule has 1 aliphatic heterocycles. The molecule has 246 valence electrons. The number of aromatic nitrogens is 2. The zero-order valence-corrected chi connectivity index (χ0v) is 28.5. The number of thiazole rings is 1. The van der Waals surface area contributed by atoms with Crippen LogP contribution in [0.2, 0.25) is 5.02 Å². The van der Waals surface area contributed by atoms with Crippen molar-refractivity contribution in [2.24, 2.45) is 0 Å². The number of fused-ring (bicyclic) bond motifs is 3. The van der Waals surface area contributed by atoms with Gasteiger partial charge in [0.2, 0.25) is 11.4 Å². The number of aryl methyl sites for hydroxylation is 1. The summed E-state index contributed by atoms with van der Waals surface area (Å²) in [7, 11) is -8.77. The van der Waals surface area contributed by atoms with Gasteiger partial charge in [-0.25, -0.2) is 16.8 Å². The lowest BCUT2D eigenvalue weighted by atomic mass is 10.1. The highest BCUT2D eigenvalue weighted by molar-refractivity contribution is 7.85. The molecular formula is C33H31ClN3O7S3-. The van der Waals surface area contributed by atoms with Crippen LogP contribution in [-0.2, 0) is 26.8 Å². The third-order valence-electron chi connectivity index (χ3n) is 7.86. The first kappa shape index (κ1) is 33.2. The molecule has 0 atom stereocenters. The molecule has 3 heterocycles. The van der Waals surface area contributed by atoms with Crippen molar-refractivity contribution >= 4 is 76.1 Å². The maximum absolute atomic E-state index is 11.5. The van der Waals surface area contributed by atoms with Crippen LogP contribution in [0.1, 0.15) is 31.2 Å². The van der Waals surface area contributed by atoms with Gasteiger partial charge in [-0.15, -0.1) is 0 Å². The smallest absolute Gasteiger partial charge is 0.263 e. The van der Waals surface area contributed by atoms with Crippen molar-refractivity contribution in [2.45, 2.75) is 32.7 Å². The Morgan fingerprint density at radius 2 is 1.74 bits per heavy atom. The predicted octanol–water partition coefficient (Wildman–Crippen LogP) is 6.19. The molecule has 5 aromatic rings. The summed E-state index contributed by atoms with van der Waals surface area (Å²) in [5.41, 5.74) is 4.39. The van der Waals surface area contributed by atoms with Crippen LogP contribution in [0.5, 0.6) is 5.75 Å². The molecule has 2 aromatic heterocycles. The molecular weight excluding hydrogens is 682 g/mol. The minimum absolute atomic E-state index is 0.105. The molecule has 3 aromatic carbocycles. The standard InChI is InChI=1S/C33H32ClN3O7S3/c1-2-23(20-33-37(15-6-18-47(41,42)43)29-21-25(34)9-12-31(29)45-33)19-32-36(14-5-17-46(38,39)40)28-22-26(10-11-30(28)44-32)35-16-13-24-7-3-4-8-27(24)35/h3-4,7-13,16,19-22H,2,5-6,14-15,17-18H2,1H3,(H-,38,39,40,41,42,43)/p-1. The Kier molecular flexibility index (Phi) is 9.47. The topological polar surface area (TPSA) is 136 Å². The van der Waals surface area contributed by atoms with E-state index in [2.05, 4.69) is 4.57 Å². The molecule has 10 nitrogen and oxygen atoms in total. The summed E-state index contributed by atoms with van der Waals surface area (Å²) in [6.45, 7) is 2.53. The summed E-state index contributed by atoms with van der Waals surface area (Å²) in [5, 5.41) is 2.46. The minimum atomic E-state index is -4.41. The molecule has 6 rings (SSSR count). The van der Waals surface area contributed by atoms with Crippen molar-refractivity contribution < 1.29 is 35.2 Å². The number of halogens is 1. The Bertz CT molecular complexity index is 2260. The van der Waals surface area contributed by atoms with Crippen LogP contribution in [0.25, 0.3) is 32.9 Å². The number of hydrogen-bond donors (Lipinski definition) is 0. The van der Waals surface area contributed by atoms with Crippen LogP contribution in [0, 0.1) is 0 Å². The minimum Gasteiger partial charge on any atom is -0.748 e. The summed E-state index contributed by atoms with van der Waals surface area (Å²) in [6.07, 6.45) is 6.72. The van der Waals surface area contributed by atoms with E-state index in [-0.39, 0.29) is 19.4 Å². The lowest BCUT2D eigenvalue weighted by molar-refractivity contribution is -0.668. The number of rotatable bonds is 12. The van der Waals surface area contributed by atoms with E-state index in [1.54, 1.807) is 6.07 Å². The summed E-state index contributed by atoms with van der Waals surface area (Å²) in [6, 6.07) is 21.4. The number of nitrogens with zero attached hydrogens (tertiary/aromatic N) is 3. The van der Waals surface area contributed by atoms with E-state index in [0.29, 0.717) is 29.6 Å². The molecule has 1 aliphatic rings. The monoisotopic (exact) mass is 712 g/mol. The SMILES string of the molecule is CCC(/C=C1\Oc2ccc(-n3ccc4ccccc43)cc2N1CCCS(=O)(=O)[O-])=C\c1sc2ccc(Cl)cc2[n+]1CCCS(=O)(=O)[O-]. The number of anilines is 1. The average Bonchev–Trinajstić information content (AvgIpc) is 3.69. The van der Waals surface area contributed by atoms with Crippen LogP contribution < -0.4 is 14.2 Å². The fourth-order valence-corrected chi connectivity index (χ4v) is 7.94. The second-order valence-electron chi connectivity index (χ2n) is 11.1. The number of benzene rings is 3. The third-order valence-corrected chi connectivity index (χ3v) is 10.8. The molecule has 0 spiro atoms. The first-order valence-corrected chi connectivity index (χ1v) is 19.3. The number of allylic oxidation sites excluding steroid dienone is 2. The number of ether oxygens (including phenoxy) is 1. The summed E-state index contributed by atoms with van der Waals surface area (Å²) in [5.74, 6) is 0.0991. The van der Waals surface area contributed by atoms with Crippen molar-refractivity contribution in [3.8, 4) is 11.4 Å². The number of hydrogen-bond acceptors (Lipinski definition) is 9. The third kappa shape index (κ3) is 7.72. The highest BCUT2D eigenvalue weighted by atomic mass is 35.5. The van der Waals surface area contributed by atoms with Crippen LogP contribution >= 0.6 is 22.9 Å². The van der Waals surface area contributed by atoms with Crippen LogP contribution in [0.3, 0.4) is 0 Å². The fraction of sp³-hybridized carbons (Fsp3) is 0.242. The van der Waals surface area contributed by atoms with Crippen LogP contribution in [0.4, 0.5) is 5.69 Å². The zero-order valence-electron chi connectivity index (χ0n) is 25.3. The normalized spacial score (nSPS) is 14.8. The van der Waals surface area contributed by atoms with Gasteiger partial charge in [-0.2, -0.15) is 4.57 Å². The van der Waals surface area contributed by atoms with Gasteiger partial charge in [0.25, 0.3) is 5.01 Å². The second-order valence-corrected chi connectivity index (χ2v) is 15.7. The maximum Gasteiger partial charge on any atom is 0.263 e. The van der Waals surface area contributed by atoms with Gasteiger partial charge in [-0.05, 0) is 66.3 Å². The summed E-state index contributed by atoms with van der Waals surface area (Å²) >= 11 is 7.81. The van der Waals surface area contributed by atoms with E-state index in [0.717, 1.165) is 43.1 Å². The Morgan fingerprint density at radius 3 is 2.51 bits per heavy atom. The highest BCUT2D eigenvalue weighted by Gasteiger charge is 2.28. The molecule has 47 heavy (non-hydrogen) atoms. The van der Waals surface area contributed by atoms with E-state index in [1.807, 2.05) is 95.4 Å². The van der Waals surface area contributed by atoms with E-state index in [9.17, 15) is 25.9 Å². The van der Waals surface area contributed by atoms with E-state index in [1.165, 1.54) is 11.3 Å². The van der Waals surface area contributed by atoms with Gasteiger partial charge in [-0.3, -0.25) is 0 Å². The molecule has 0 N–H and O–H groups in total. The quantitative estimate of drug-likeness (QED) is 0.110. The Morgan fingerprint density at radius 1 is 0.979 bits per heavy atom.